The van der Waals surface area contributed by atoms with E-state index in [0.29, 0.717) is 6.42 Å². The van der Waals surface area contributed by atoms with Crippen LogP contribution in [0.2, 0.25) is 0 Å². The average molecular weight is 298 g/mol. The minimum Gasteiger partial charge on any atom is -0.391 e. The predicted molar refractivity (Wildman–Crippen MR) is 87.5 cm³/mol. The largest absolute Gasteiger partial charge is 0.391 e. The van der Waals surface area contributed by atoms with Crippen LogP contribution in [0.25, 0.3) is 0 Å². The molecule has 1 aromatic rings. The number of aliphatic hydroxyl groups excluding tert-OH is 1. The van der Waals surface area contributed by atoms with Crippen LogP contribution in [0.5, 0.6) is 0 Å². The minimum absolute atomic E-state index is 0.128. The van der Waals surface area contributed by atoms with Crippen LogP contribution in [0.1, 0.15) is 56.1 Å². The summed E-state index contributed by atoms with van der Waals surface area (Å²) in [5, 5.41) is 11.9. The smallest absolute Gasteiger partial charge is 0.0957 e. The second-order valence-corrected chi connectivity index (χ2v) is 6.74. The van der Waals surface area contributed by atoms with Crippen molar-refractivity contribution in [3.63, 3.8) is 0 Å². The van der Waals surface area contributed by atoms with Gasteiger partial charge in [0, 0.05) is 16.8 Å². The topological polar surface area (TPSA) is 36.4 Å². The second kappa shape index (κ2) is 7.53. The van der Waals surface area contributed by atoms with E-state index in [2.05, 4.69) is 44.5 Å². The Balaban J connectivity index is 2.96. The summed E-state index contributed by atoms with van der Waals surface area (Å²) in [6, 6.07) is 0. The van der Waals surface area contributed by atoms with E-state index < -0.39 is 0 Å². The molecule has 3 nitrogen and oxygen atoms in total. The first kappa shape index (κ1) is 17.6. The Morgan fingerprint density at radius 1 is 1.15 bits per heavy atom. The highest BCUT2D eigenvalue weighted by Crippen LogP contribution is 2.31. The molecule has 0 fully saturated rings. The zero-order valence-electron chi connectivity index (χ0n) is 13.9. The van der Waals surface area contributed by atoms with Crippen LogP contribution in [0, 0.1) is 13.8 Å². The summed E-state index contributed by atoms with van der Waals surface area (Å²) in [6.07, 6.45) is 2.24. The molecule has 1 N–H and O–H groups in total. The van der Waals surface area contributed by atoms with Crippen molar-refractivity contribution in [2.24, 2.45) is 0 Å². The Hall–Kier alpha value is -0.450. The van der Waals surface area contributed by atoms with Crippen molar-refractivity contribution < 1.29 is 5.11 Å². The van der Waals surface area contributed by atoms with Gasteiger partial charge in [-0.2, -0.15) is 0 Å². The number of hydrogen-bond donors (Lipinski definition) is 1. The van der Waals surface area contributed by atoms with Crippen LogP contribution in [0.4, 0.5) is 0 Å². The lowest BCUT2D eigenvalue weighted by molar-refractivity contribution is -0.0341. The van der Waals surface area contributed by atoms with Gasteiger partial charge in [0.1, 0.15) is 0 Å². The molecule has 0 bridgehead atoms. The Morgan fingerprint density at radius 2 is 1.70 bits per heavy atom. The van der Waals surface area contributed by atoms with Crippen LogP contribution in [-0.2, 0) is 6.42 Å². The van der Waals surface area contributed by atoms with Crippen LogP contribution in [0.3, 0.4) is 0 Å². The highest BCUT2D eigenvalue weighted by atomic mass is 32.1. The van der Waals surface area contributed by atoms with Crippen molar-refractivity contribution >= 4 is 11.3 Å². The number of thiazole rings is 1. The fraction of sp³-hybridized carbons (Fsp3) is 0.812. The fourth-order valence-corrected chi connectivity index (χ4v) is 4.19. The Morgan fingerprint density at radius 3 is 2.05 bits per heavy atom. The van der Waals surface area contributed by atoms with Gasteiger partial charge in [0.25, 0.3) is 0 Å². The predicted octanol–water partition coefficient (Wildman–Crippen LogP) is 3.56. The molecule has 20 heavy (non-hydrogen) atoms. The molecule has 0 aromatic carbocycles. The summed E-state index contributed by atoms with van der Waals surface area (Å²) >= 11 is 1.72. The fourth-order valence-electron chi connectivity index (χ4n) is 3.21. The van der Waals surface area contributed by atoms with E-state index in [-0.39, 0.29) is 11.6 Å². The monoisotopic (exact) mass is 298 g/mol. The van der Waals surface area contributed by atoms with Crippen molar-refractivity contribution in [3.8, 4) is 0 Å². The van der Waals surface area contributed by atoms with E-state index in [4.69, 9.17) is 0 Å². The van der Waals surface area contributed by atoms with Gasteiger partial charge in [0.15, 0.2) is 0 Å². The first-order chi connectivity index (χ1) is 9.44. The van der Waals surface area contributed by atoms with Gasteiger partial charge in [-0.1, -0.05) is 27.7 Å². The number of aryl methyl sites for hydroxylation is 2. The highest BCUT2D eigenvalue weighted by Gasteiger charge is 2.39. The standard InChI is InChI=1S/C16H30N2OS/c1-7-16(8-2,18(9-3)10-4)14(19)11-15-17-12(5)13(6)20-15/h14,19H,7-11H2,1-6H3. The number of rotatable bonds is 8. The molecule has 0 aliphatic carbocycles. The molecule has 0 aliphatic rings. The maximum Gasteiger partial charge on any atom is 0.0957 e. The zero-order chi connectivity index (χ0) is 15.3. The first-order valence-corrected chi connectivity index (χ1v) is 8.62. The van der Waals surface area contributed by atoms with Gasteiger partial charge < -0.3 is 5.11 Å². The quantitative estimate of drug-likeness (QED) is 0.797. The number of hydrogen-bond acceptors (Lipinski definition) is 4. The van der Waals surface area contributed by atoms with Gasteiger partial charge in [-0.25, -0.2) is 4.98 Å². The molecule has 0 aliphatic heterocycles. The lowest BCUT2D eigenvalue weighted by atomic mass is 9.83. The van der Waals surface area contributed by atoms with E-state index in [1.54, 1.807) is 11.3 Å². The van der Waals surface area contributed by atoms with Gasteiger partial charge in [-0.05, 0) is 39.8 Å². The van der Waals surface area contributed by atoms with Gasteiger partial charge in [0.2, 0.25) is 0 Å². The summed E-state index contributed by atoms with van der Waals surface area (Å²) in [4.78, 5) is 8.25. The summed E-state index contributed by atoms with van der Waals surface area (Å²) < 4.78 is 0. The summed E-state index contributed by atoms with van der Waals surface area (Å²) in [5.74, 6) is 0. The third kappa shape index (κ3) is 3.41. The Kier molecular flexibility index (Phi) is 6.62. The van der Waals surface area contributed by atoms with Crippen molar-refractivity contribution in [2.75, 3.05) is 13.1 Å². The highest BCUT2D eigenvalue weighted by molar-refractivity contribution is 7.11. The molecular formula is C16H30N2OS. The van der Waals surface area contributed by atoms with Crippen LogP contribution in [0.15, 0.2) is 0 Å². The molecule has 0 saturated carbocycles. The van der Waals surface area contributed by atoms with E-state index in [1.165, 1.54) is 4.88 Å². The molecule has 0 spiro atoms. The number of likely N-dealkylation sites (N-methyl/N-ethyl adjacent to an activating group) is 1. The van der Waals surface area contributed by atoms with Crippen molar-refractivity contribution in [1.29, 1.82) is 0 Å². The van der Waals surface area contributed by atoms with Crippen LogP contribution >= 0.6 is 11.3 Å². The van der Waals surface area contributed by atoms with E-state index >= 15 is 0 Å². The Bertz CT molecular complexity index is 389. The molecule has 1 heterocycles. The molecule has 1 rings (SSSR count). The summed E-state index contributed by atoms with van der Waals surface area (Å²) in [7, 11) is 0. The lowest BCUT2D eigenvalue weighted by Crippen LogP contribution is -2.56. The van der Waals surface area contributed by atoms with Gasteiger partial charge in [-0.3, -0.25) is 4.90 Å². The molecule has 1 unspecified atom stereocenters. The number of nitrogens with zero attached hydrogens (tertiary/aromatic N) is 2. The van der Waals surface area contributed by atoms with Crippen LogP contribution < -0.4 is 0 Å². The third-order valence-electron chi connectivity index (χ3n) is 4.68. The normalized spacial score (nSPS) is 14.0. The maximum absolute atomic E-state index is 10.9. The second-order valence-electron chi connectivity index (χ2n) is 5.45. The molecule has 0 saturated heterocycles. The molecule has 0 radical (unpaired) electrons. The zero-order valence-corrected chi connectivity index (χ0v) is 14.7. The van der Waals surface area contributed by atoms with Crippen LogP contribution in [-0.4, -0.2) is 39.7 Å². The lowest BCUT2D eigenvalue weighted by Gasteiger charge is -2.45. The summed E-state index contributed by atoms with van der Waals surface area (Å²) in [5.41, 5.74) is 0.968. The number of aromatic nitrogens is 1. The number of aliphatic hydroxyl groups is 1. The molecule has 1 atom stereocenters. The minimum atomic E-state index is -0.359. The van der Waals surface area contributed by atoms with Crippen molar-refractivity contribution in [1.82, 2.24) is 9.88 Å². The van der Waals surface area contributed by atoms with Gasteiger partial charge in [-0.15, -0.1) is 11.3 Å². The molecular weight excluding hydrogens is 268 g/mol. The molecule has 116 valence electrons. The first-order valence-electron chi connectivity index (χ1n) is 7.81. The van der Waals surface area contributed by atoms with E-state index in [0.717, 1.165) is 36.6 Å². The SMILES string of the molecule is CCN(CC)C(CC)(CC)C(O)Cc1nc(C)c(C)s1. The maximum atomic E-state index is 10.9. The third-order valence-corrected chi connectivity index (χ3v) is 5.77. The average Bonchev–Trinajstić information content (AvgIpc) is 2.74. The van der Waals surface area contributed by atoms with E-state index in [9.17, 15) is 5.11 Å². The van der Waals surface area contributed by atoms with E-state index in [1.807, 2.05) is 6.92 Å². The molecule has 1 aromatic heterocycles. The Labute approximate surface area is 128 Å². The van der Waals surface area contributed by atoms with Gasteiger partial charge in [0.05, 0.1) is 16.8 Å². The van der Waals surface area contributed by atoms with Gasteiger partial charge >= 0.3 is 0 Å². The van der Waals surface area contributed by atoms with Crippen molar-refractivity contribution in [3.05, 3.63) is 15.6 Å². The van der Waals surface area contributed by atoms with Crippen molar-refractivity contribution in [2.45, 2.75) is 72.4 Å². The summed E-state index contributed by atoms with van der Waals surface area (Å²) in [6.45, 7) is 14.8. The molecule has 0 amide bonds. The molecule has 4 heteroatoms.